The summed E-state index contributed by atoms with van der Waals surface area (Å²) >= 11 is 0. The van der Waals surface area contributed by atoms with Crippen molar-refractivity contribution in [2.45, 2.75) is 32.8 Å². The average molecular weight is 357 g/mol. The minimum Gasteiger partial charge on any atom is -0.444 e. The molecule has 2 heterocycles. The maximum absolute atomic E-state index is 11.8. The van der Waals surface area contributed by atoms with Gasteiger partial charge < -0.3 is 20.3 Å². The van der Waals surface area contributed by atoms with Gasteiger partial charge in [-0.05, 0) is 45.2 Å². The van der Waals surface area contributed by atoms with Gasteiger partial charge in [0.2, 0.25) is 0 Å². The van der Waals surface area contributed by atoms with Crippen LogP contribution in [0.25, 0.3) is 11.0 Å². The third kappa shape index (κ3) is 4.33. The first-order valence-electron chi connectivity index (χ1n) is 9.02. The van der Waals surface area contributed by atoms with Crippen molar-refractivity contribution < 1.29 is 9.53 Å². The van der Waals surface area contributed by atoms with Crippen LogP contribution in [-0.4, -0.2) is 48.3 Å². The topological polar surface area (TPSA) is 79.4 Å². The largest absolute Gasteiger partial charge is 0.444 e. The number of rotatable bonds is 4. The number of benzene rings is 1. The van der Waals surface area contributed by atoms with Crippen LogP contribution >= 0.6 is 0 Å². The van der Waals surface area contributed by atoms with Crippen LogP contribution < -0.4 is 15.5 Å². The van der Waals surface area contributed by atoms with E-state index in [-0.39, 0.29) is 6.09 Å². The Labute approximate surface area is 154 Å². The fourth-order valence-corrected chi connectivity index (χ4v) is 3.11. The standard InChI is InChI=1S/C19H27N5O2/c1-19(2,3)26-18(25)21-11-13-9-10-24(12-13)17-16(20-4)22-14-7-5-6-8-15(14)23-17/h5-8,13H,9-12H2,1-4H3,(H,20,22)(H,21,25)/t13-/m1/s1. The number of nitrogens with zero attached hydrogens (tertiary/aromatic N) is 3. The molecule has 0 spiro atoms. The third-order valence-electron chi connectivity index (χ3n) is 4.31. The number of nitrogens with one attached hydrogen (secondary N) is 2. The van der Waals surface area contributed by atoms with E-state index < -0.39 is 5.60 Å². The highest BCUT2D eigenvalue weighted by Crippen LogP contribution is 2.29. The molecule has 0 unspecified atom stereocenters. The fourth-order valence-electron chi connectivity index (χ4n) is 3.11. The average Bonchev–Trinajstić information content (AvgIpc) is 3.06. The molecule has 2 N–H and O–H groups in total. The second-order valence-corrected chi connectivity index (χ2v) is 7.62. The summed E-state index contributed by atoms with van der Waals surface area (Å²) in [6.07, 6.45) is 0.630. The number of para-hydroxylation sites is 2. The van der Waals surface area contributed by atoms with E-state index >= 15 is 0 Å². The van der Waals surface area contributed by atoms with E-state index in [0.717, 1.165) is 42.2 Å². The first-order chi connectivity index (χ1) is 12.4. The molecule has 7 nitrogen and oxygen atoms in total. The molecule has 3 rings (SSSR count). The van der Waals surface area contributed by atoms with Gasteiger partial charge >= 0.3 is 6.09 Å². The summed E-state index contributed by atoms with van der Waals surface area (Å²) in [5, 5.41) is 6.02. The molecule has 0 bridgehead atoms. The predicted octanol–water partition coefficient (Wildman–Crippen LogP) is 3.02. The van der Waals surface area contributed by atoms with Gasteiger partial charge in [-0.2, -0.15) is 0 Å². The van der Waals surface area contributed by atoms with Gasteiger partial charge in [-0.1, -0.05) is 12.1 Å². The van der Waals surface area contributed by atoms with E-state index in [2.05, 4.69) is 20.5 Å². The summed E-state index contributed by atoms with van der Waals surface area (Å²) in [4.78, 5) is 23.5. The quantitative estimate of drug-likeness (QED) is 0.876. The lowest BCUT2D eigenvalue weighted by Crippen LogP contribution is -2.36. The second kappa shape index (κ2) is 7.35. The zero-order valence-electron chi connectivity index (χ0n) is 15.9. The van der Waals surface area contributed by atoms with Crippen molar-refractivity contribution in [3.05, 3.63) is 24.3 Å². The zero-order valence-corrected chi connectivity index (χ0v) is 15.9. The van der Waals surface area contributed by atoms with Gasteiger partial charge in [-0.3, -0.25) is 0 Å². The molecule has 1 saturated heterocycles. The maximum Gasteiger partial charge on any atom is 0.407 e. The highest BCUT2D eigenvalue weighted by molar-refractivity contribution is 5.80. The second-order valence-electron chi connectivity index (χ2n) is 7.62. The van der Waals surface area contributed by atoms with E-state index in [1.165, 1.54) is 0 Å². The lowest BCUT2D eigenvalue weighted by atomic mass is 10.1. The summed E-state index contributed by atoms with van der Waals surface area (Å²) < 4.78 is 5.30. The minimum atomic E-state index is -0.478. The SMILES string of the molecule is CNc1nc2ccccc2nc1N1CC[C@H](CNC(=O)OC(C)(C)C)C1. The molecule has 0 saturated carbocycles. The van der Waals surface area contributed by atoms with E-state index in [4.69, 9.17) is 9.72 Å². The molecule has 1 amide bonds. The monoisotopic (exact) mass is 357 g/mol. The van der Waals surface area contributed by atoms with E-state index in [9.17, 15) is 4.79 Å². The summed E-state index contributed by atoms with van der Waals surface area (Å²) in [7, 11) is 1.86. The van der Waals surface area contributed by atoms with Crippen molar-refractivity contribution >= 4 is 28.8 Å². The van der Waals surface area contributed by atoms with Crippen LogP contribution in [0.3, 0.4) is 0 Å². The maximum atomic E-state index is 11.8. The van der Waals surface area contributed by atoms with Crippen molar-refractivity contribution in [1.29, 1.82) is 0 Å². The number of amides is 1. The third-order valence-corrected chi connectivity index (χ3v) is 4.31. The van der Waals surface area contributed by atoms with E-state index in [0.29, 0.717) is 12.5 Å². The molecule has 0 aliphatic carbocycles. The Kier molecular flexibility index (Phi) is 5.15. The lowest BCUT2D eigenvalue weighted by Gasteiger charge is -2.22. The Morgan fingerprint density at radius 2 is 1.96 bits per heavy atom. The number of fused-ring (bicyclic) bond motifs is 1. The first-order valence-corrected chi connectivity index (χ1v) is 9.02. The van der Waals surface area contributed by atoms with Crippen molar-refractivity contribution in [2.75, 3.05) is 36.9 Å². The smallest absolute Gasteiger partial charge is 0.407 e. The van der Waals surface area contributed by atoms with Gasteiger partial charge in [-0.15, -0.1) is 0 Å². The molecule has 2 aromatic rings. The molecule has 26 heavy (non-hydrogen) atoms. The highest BCUT2D eigenvalue weighted by atomic mass is 16.6. The summed E-state index contributed by atoms with van der Waals surface area (Å²) in [5.74, 6) is 2.01. The molecule has 1 aliphatic rings. The van der Waals surface area contributed by atoms with Crippen molar-refractivity contribution in [3.8, 4) is 0 Å². The number of carbonyl (C=O) groups excluding carboxylic acids is 1. The van der Waals surface area contributed by atoms with Crippen molar-refractivity contribution in [2.24, 2.45) is 5.92 Å². The highest BCUT2D eigenvalue weighted by Gasteiger charge is 2.27. The number of ether oxygens (including phenoxy) is 1. The van der Waals surface area contributed by atoms with Crippen LogP contribution in [0.2, 0.25) is 0 Å². The lowest BCUT2D eigenvalue weighted by molar-refractivity contribution is 0.0520. The molecule has 1 atom stereocenters. The van der Waals surface area contributed by atoms with Gasteiger partial charge in [0.25, 0.3) is 0 Å². The van der Waals surface area contributed by atoms with Crippen LogP contribution in [0.1, 0.15) is 27.2 Å². The summed E-state index contributed by atoms with van der Waals surface area (Å²) in [6.45, 7) is 7.91. The minimum absolute atomic E-state index is 0.362. The molecule has 0 radical (unpaired) electrons. The molecule has 1 fully saturated rings. The zero-order chi connectivity index (χ0) is 18.7. The first kappa shape index (κ1) is 18.2. The van der Waals surface area contributed by atoms with Gasteiger partial charge in [0.1, 0.15) is 5.60 Å². The Morgan fingerprint density at radius 3 is 2.62 bits per heavy atom. The van der Waals surface area contributed by atoms with E-state index in [1.807, 2.05) is 52.1 Å². The van der Waals surface area contributed by atoms with Crippen LogP contribution in [-0.2, 0) is 4.74 Å². The Morgan fingerprint density at radius 1 is 1.27 bits per heavy atom. The van der Waals surface area contributed by atoms with Crippen LogP contribution in [0, 0.1) is 5.92 Å². The normalized spacial score (nSPS) is 17.4. The molecule has 7 heteroatoms. The van der Waals surface area contributed by atoms with Crippen molar-refractivity contribution in [3.63, 3.8) is 0 Å². The predicted molar refractivity (Wildman–Crippen MR) is 104 cm³/mol. The number of hydrogen-bond donors (Lipinski definition) is 2. The van der Waals surface area contributed by atoms with Crippen LogP contribution in [0.15, 0.2) is 24.3 Å². The molecule has 1 aromatic heterocycles. The summed E-state index contributed by atoms with van der Waals surface area (Å²) in [5.41, 5.74) is 1.29. The van der Waals surface area contributed by atoms with Crippen LogP contribution in [0.4, 0.5) is 16.4 Å². The number of anilines is 2. The Bertz CT molecular complexity index is 787. The number of hydrogen-bond acceptors (Lipinski definition) is 6. The number of aromatic nitrogens is 2. The van der Waals surface area contributed by atoms with E-state index in [1.54, 1.807) is 0 Å². The number of alkyl carbamates (subject to hydrolysis) is 1. The molecular weight excluding hydrogens is 330 g/mol. The summed E-state index contributed by atoms with van der Waals surface area (Å²) in [6, 6.07) is 7.87. The van der Waals surface area contributed by atoms with Gasteiger partial charge in [-0.25, -0.2) is 14.8 Å². The molecule has 1 aliphatic heterocycles. The number of carbonyl (C=O) groups is 1. The Balaban J connectivity index is 1.65. The Hall–Kier alpha value is -2.57. The molecule has 1 aromatic carbocycles. The van der Waals surface area contributed by atoms with Gasteiger partial charge in [0.15, 0.2) is 11.6 Å². The van der Waals surface area contributed by atoms with Crippen LogP contribution in [0.5, 0.6) is 0 Å². The molecular formula is C19H27N5O2. The fraction of sp³-hybridized carbons (Fsp3) is 0.526. The van der Waals surface area contributed by atoms with Gasteiger partial charge in [0, 0.05) is 26.7 Å². The van der Waals surface area contributed by atoms with Crippen molar-refractivity contribution in [1.82, 2.24) is 15.3 Å². The molecule has 140 valence electrons. The van der Waals surface area contributed by atoms with Gasteiger partial charge in [0.05, 0.1) is 11.0 Å².